The van der Waals surface area contributed by atoms with Gasteiger partial charge in [-0.2, -0.15) is 5.26 Å². The Bertz CT molecular complexity index is 619. The predicted molar refractivity (Wildman–Crippen MR) is 79.4 cm³/mol. The van der Waals surface area contributed by atoms with Gasteiger partial charge in [-0.1, -0.05) is 6.92 Å². The molecule has 21 heavy (non-hydrogen) atoms. The van der Waals surface area contributed by atoms with Gasteiger partial charge < -0.3 is 5.11 Å². The van der Waals surface area contributed by atoms with Gasteiger partial charge in [0.15, 0.2) is 9.84 Å². The number of sulfone groups is 1. The number of aliphatic hydroxyl groups is 1. The van der Waals surface area contributed by atoms with Crippen molar-refractivity contribution in [3.8, 4) is 6.07 Å². The number of benzene rings is 1. The van der Waals surface area contributed by atoms with Gasteiger partial charge in [0.05, 0.1) is 28.9 Å². The number of likely N-dealkylation sites (tertiary alicyclic amines) is 1. The molecule has 0 aromatic heterocycles. The van der Waals surface area contributed by atoms with Crippen molar-refractivity contribution < 1.29 is 13.5 Å². The number of nitrogens with zero attached hydrogens (tertiary/aromatic N) is 2. The van der Waals surface area contributed by atoms with Crippen molar-refractivity contribution in [2.75, 3.05) is 25.4 Å². The lowest BCUT2D eigenvalue weighted by Gasteiger charge is -2.24. The second-order valence-electron chi connectivity index (χ2n) is 5.51. The van der Waals surface area contributed by atoms with Crippen molar-refractivity contribution in [1.82, 2.24) is 4.90 Å². The molecule has 6 heteroatoms. The molecule has 0 bridgehead atoms. The third kappa shape index (κ3) is 3.62. The molecule has 1 fully saturated rings. The van der Waals surface area contributed by atoms with Crippen LogP contribution in [0.4, 0.5) is 0 Å². The van der Waals surface area contributed by atoms with Gasteiger partial charge in [-0.3, -0.25) is 4.90 Å². The van der Waals surface area contributed by atoms with E-state index >= 15 is 0 Å². The molecule has 0 saturated carbocycles. The smallest absolute Gasteiger partial charge is 0.179 e. The van der Waals surface area contributed by atoms with Crippen LogP contribution < -0.4 is 0 Å². The first-order chi connectivity index (χ1) is 9.97. The molecule has 0 radical (unpaired) electrons. The predicted octanol–water partition coefficient (Wildman–Crippen LogP) is 1.03. The van der Waals surface area contributed by atoms with Gasteiger partial charge in [0.2, 0.25) is 0 Å². The Morgan fingerprint density at radius 2 is 2.05 bits per heavy atom. The van der Waals surface area contributed by atoms with Crippen molar-refractivity contribution in [2.45, 2.75) is 24.3 Å². The van der Waals surface area contributed by atoms with Crippen molar-refractivity contribution in [2.24, 2.45) is 5.92 Å². The summed E-state index contributed by atoms with van der Waals surface area (Å²) in [5.74, 6) is 0.426. The first-order valence-electron chi connectivity index (χ1n) is 7.06. The molecule has 1 aliphatic heterocycles. The van der Waals surface area contributed by atoms with E-state index in [2.05, 4.69) is 6.92 Å². The lowest BCUT2D eigenvalue weighted by molar-refractivity contribution is 0.144. The first-order valence-corrected chi connectivity index (χ1v) is 8.71. The van der Waals surface area contributed by atoms with Crippen LogP contribution in [0.3, 0.4) is 0 Å². The molecule has 0 spiro atoms. The summed E-state index contributed by atoms with van der Waals surface area (Å²) in [5, 5.41) is 18.1. The zero-order valence-electron chi connectivity index (χ0n) is 12.1. The molecule has 2 unspecified atom stereocenters. The van der Waals surface area contributed by atoms with Gasteiger partial charge in [0.1, 0.15) is 0 Å². The van der Waals surface area contributed by atoms with Crippen LogP contribution in [0.2, 0.25) is 0 Å². The second-order valence-corrected chi connectivity index (χ2v) is 7.62. The van der Waals surface area contributed by atoms with Gasteiger partial charge in [-0.25, -0.2) is 8.42 Å². The molecule has 0 amide bonds. The largest absolute Gasteiger partial charge is 0.395 e. The van der Waals surface area contributed by atoms with E-state index in [9.17, 15) is 13.5 Å². The molecule has 5 nitrogen and oxygen atoms in total. The number of nitriles is 1. The van der Waals surface area contributed by atoms with E-state index in [1.54, 1.807) is 0 Å². The van der Waals surface area contributed by atoms with Crippen molar-refractivity contribution in [1.29, 1.82) is 5.26 Å². The molecule has 1 aliphatic rings. The average molecular weight is 308 g/mol. The fraction of sp³-hybridized carbons (Fsp3) is 0.533. The minimum atomic E-state index is -3.35. The van der Waals surface area contributed by atoms with Crippen LogP contribution >= 0.6 is 0 Å². The van der Waals surface area contributed by atoms with E-state index in [0.29, 0.717) is 18.0 Å². The number of hydrogen-bond acceptors (Lipinski definition) is 5. The van der Waals surface area contributed by atoms with Gasteiger partial charge >= 0.3 is 0 Å². The summed E-state index contributed by atoms with van der Waals surface area (Å²) in [6, 6.07) is 8.01. The maximum atomic E-state index is 12.3. The fourth-order valence-electron chi connectivity index (χ4n) is 2.75. The number of rotatable bonds is 5. The maximum Gasteiger partial charge on any atom is 0.179 e. The van der Waals surface area contributed by atoms with Crippen molar-refractivity contribution >= 4 is 9.84 Å². The highest BCUT2D eigenvalue weighted by molar-refractivity contribution is 7.91. The van der Waals surface area contributed by atoms with Crippen LogP contribution in [-0.4, -0.2) is 49.9 Å². The molecule has 2 atom stereocenters. The van der Waals surface area contributed by atoms with E-state index in [-0.39, 0.29) is 23.3 Å². The lowest BCUT2D eigenvalue weighted by Crippen LogP contribution is -2.38. The summed E-state index contributed by atoms with van der Waals surface area (Å²) in [5.41, 5.74) is 0.447. The van der Waals surface area contributed by atoms with Crippen LogP contribution in [0, 0.1) is 17.2 Å². The summed E-state index contributed by atoms with van der Waals surface area (Å²) >= 11 is 0. The molecule has 1 aromatic rings. The van der Waals surface area contributed by atoms with Crippen LogP contribution in [0.5, 0.6) is 0 Å². The summed E-state index contributed by atoms with van der Waals surface area (Å²) in [6.07, 6.45) is 0.988. The van der Waals surface area contributed by atoms with Crippen LogP contribution in [0.1, 0.15) is 18.9 Å². The SMILES string of the molecule is CC1CCN(CCS(=O)(=O)c2ccc(C#N)cc2)C1CO. The minimum absolute atomic E-state index is 0.0299. The molecule has 114 valence electrons. The summed E-state index contributed by atoms with van der Waals surface area (Å²) < 4.78 is 24.6. The quantitative estimate of drug-likeness (QED) is 0.879. The number of aliphatic hydroxyl groups excluding tert-OH is 1. The molecular weight excluding hydrogens is 288 g/mol. The van der Waals surface area contributed by atoms with Gasteiger partial charge in [-0.15, -0.1) is 0 Å². The normalized spacial score (nSPS) is 23.1. The molecule has 2 rings (SSSR count). The zero-order chi connectivity index (χ0) is 15.5. The minimum Gasteiger partial charge on any atom is -0.395 e. The highest BCUT2D eigenvalue weighted by atomic mass is 32.2. The Kier molecular flexibility index (Phi) is 4.99. The standard InChI is InChI=1S/C15H20N2O3S/c1-12-6-7-17(15(12)11-18)8-9-21(19,20)14-4-2-13(10-16)3-5-14/h2-5,12,15,18H,6-9,11H2,1H3. The van der Waals surface area contributed by atoms with Crippen LogP contribution in [0.15, 0.2) is 29.2 Å². The highest BCUT2D eigenvalue weighted by Gasteiger charge is 2.31. The molecule has 1 saturated heterocycles. The Morgan fingerprint density at radius 3 is 2.62 bits per heavy atom. The monoisotopic (exact) mass is 308 g/mol. The van der Waals surface area contributed by atoms with E-state index in [1.807, 2.05) is 11.0 Å². The van der Waals surface area contributed by atoms with Crippen molar-refractivity contribution in [3.05, 3.63) is 29.8 Å². The lowest BCUT2D eigenvalue weighted by atomic mass is 10.0. The summed E-state index contributed by atoms with van der Waals surface area (Å²) in [6.45, 7) is 3.40. The molecule has 1 heterocycles. The van der Waals surface area contributed by atoms with Gasteiger partial charge in [0.25, 0.3) is 0 Å². The first kappa shape index (κ1) is 16.0. The van der Waals surface area contributed by atoms with Crippen molar-refractivity contribution in [3.63, 3.8) is 0 Å². The topological polar surface area (TPSA) is 81.4 Å². The summed E-state index contributed by atoms with van der Waals surface area (Å²) in [7, 11) is -3.35. The van der Waals surface area contributed by atoms with E-state index in [1.165, 1.54) is 24.3 Å². The third-order valence-corrected chi connectivity index (χ3v) is 5.88. The van der Waals surface area contributed by atoms with Crippen LogP contribution in [-0.2, 0) is 9.84 Å². The second kappa shape index (κ2) is 6.56. The van der Waals surface area contributed by atoms with Crippen LogP contribution in [0.25, 0.3) is 0 Å². The average Bonchev–Trinajstić information content (AvgIpc) is 2.85. The van der Waals surface area contributed by atoms with E-state index in [0.717, 1.165) is 13.0 Å². The van der Waals surface area contributed by atoms with Gasteiger partial charge in [-0.05, 0) is 43.1 Å². The fourth-order valence-corrected chi connectivity index (χ4v) is 4.01. The Balaban J connectivity index is 2.03. The number of hydrogen-bond donors (Lipinski definition) is 1. The molecular formula is C15H20N2O3S. The zero-order valence-corrected chi connectivity index (χ0v) is 12.9. The summed E-state index contributed by atoms with van der Waals surface area (Å²) in [4.78, 5) is 2.29. The Morgan fingerprint density at radius 1 is 1.38 bits per heavy atom. The Hall–Kier alpha value is -1.42. The Labute approximate surface area is 125 Å². The van der Waals surface area contributed by atoms with Gasteiger partial charge in [0, 0.05) is 12.6 Å². The highest BCUT2D eigenvalue weighted by Crippen LogP contribution is 2.23. The van der Waals surface area contributed by atoms with E-state index in [4.69, 9.17) is 5.26 Å². The third-order valence-electron chi connectivity index (χ3n) is 4.17. The molecule has 1 aromatic carbocycles. The molecule has 0 aliphatic carbocycles. The van der Waals surface area contributed by atoms with E-state index < -0.39 is 9.84 Å². The molecule has 1 N–H and O–H groups in total. The maximum absolute atomic E-state index is 12.3.